The van der Waals surface area contributed by atoms with Crippen molar-refractivity contribution in [2.75, 3.05) is 5.73 Å². The number of fused-ring (bicyclic) bond motifs is 1. The van der Waals surface area contributed by atoms with E-state index in [9.17, 15) is 0 Å². The Kier molecular flexibility index (Phi) is 1.72. The Bertz CT molecular complexity index is 443. The van der Waals surface area contributed by atoms with Gasteiger partial charge in [0.05, 0.1) is 11.0 Å². The lowest BCUT2D eigenvalue weighted by atomic mass is 10.1. The number of aromatic nitrogens is 2. The molecule has 2 N–H and O–H groups in total. The maximum atomic E-state index is 5.70. The monoisotopic (exact) mass is 175 g/mol. The van der Waals surface area contributed by atoms with Crippen LogP contribution in [0.3, 0.4) is 0 Å². The van der Waals surface area contributed by atoms with E-state index in [1.807, 2.05) is 11.6 Å². The van der Waals surface area contributed by atoms with Gasteiger partial charge in [-0.25, -0.2) is 4.98 Å². The SMILES string of the molecule is CCc1ccc2c(c1)nc(N)n2C. The first kappa shape index (κ1) is 8.10. The second-order valence-corrected chi connectivity index (χ2v) is 3.21. The minimum Gasteiger partial charge on any atom is -0.369 e. The van der Waals surface area contributed by atoms with Crippen molar-refractivity contribution in [3.8, 4) is 0 Å². The number of imidazole rings is 1. The standard InChI is InChI=1S/C10H13N3/c1-3-7-4-5-9-8(6-7)12-10(11)13(9)2/h4-6H,3H2,1-2H3,(H2,11,12). The van der Waals surface area contributed by atoms with E-state index in [1.54, 1.807) is 0 Å². The molecule has 68 valence electrons. The molecule has 0 atom stereocenters. The van der Waals surface area contributed by atoms with Crippen molar-refractivity contribution in [2.24, 2.45) is 7.05 Å². The molecule has 0 unspecified atom stereocenters. The third-order valence-electron chi connectivity index (χ3n) is 2.39. The van der Waals surface area contributed by atoms with Crippen molar-refractivity contribution in [3.05, 3.63) is 23.8 Å². The average Bonchev–Trinajstić information content (AvgIpc) is 2.42. The summed E-state index contributed by atoms with van der Waals surface area (Å²) in [5.74, 6) is 0.572. The molecule has 3 heteroatoms. The molecule has 1 heterocycles. The van der Waals surface area contributed by atoms with Crippen LogP contribution in [0.25, 0.3) is 11.0 Å². The maximum Gasteiger partial charge on any atom is 0.200 e. The van der Waals surface area contributed by atoms with Gasteiger partial charge in [-0.1, -0.05) is 13.0 Å². The smallest absolute Gasteiger partial charge is 0.200 e. The van der Waals surface area contributed by atoms with Gasteiger partial charge in [0.2, 0.25) is 5.95 Å². The molecule has 0 bridgehead atoms. The van der Waals surface area contributed by atoms with Crippen molar-refractivity contribution < 1.29 is 0 Å². The summed E-state index contributed by atoms with van der Waals surface area (Å²) in [5, 5.41) is 0. The fraction of sp³-hybridized carbons (Fsp3) is 0.300. The summed E-state index contributed by atoms with van der Waals surface area (Å²) in [4.78, 5) is 4.26. The van der Waals surface area contributed by atoms with Gasteiger partial charge in [-0.15, -0.1) is 0 Å². The first-order chi connectivity index (χ1) is 6.22. The predicted octanol–water partition coefficient (Wildman–Crippen LogP) is 1.72. The molecule has 2 rings (SSSR count). The number of aryl methyl sites for hydroxylation is 2. The zero-order chi connectivity index (χ0) is 9.42. The van der Waals surface area contributed by atoms with E-state index in [1.165, 1.54) is 5.56 Å². The number of rotatable bonds is 1. The Morgan fingerprint density at radius 3 is 2.92 bits per heavy atom. The summed E-state index contributed by atoms with van der Waals surface area (Å²) in [6.07, 6.45) is 1.03. The van der Waals surface area contributed by atoms with Crippen LogP contribution in [0.1, 0.15) is 12.5 Å². The minimum atomic E-state index is 0.572. The number of hydrogen-bond donors (Lipinski definition) is 1. The highest BCUT2D eigenvalue weighted by molar-refractivity contribution is 5.78. The van der Waals surface area contributed by atoms with Crippen molar-refractivity contribution in [1.29, 1.82) is 0 Å². The molecule has 0 aliphatic carbocycles. The van der Waals surface area contributed by atoms with Crippen LogP contribution in [0, 0.1) is 0 Å². The highest BCUT2D eigenvalue weighted by Crippen LogP contribution is 2.17. The summed E-state index contributed by atoms with van der Waals surface area (Å²) in [6, 6.07) is 6.27. The van der Waals surface area contributed by atoms with Gasteiger partial charge in [0.1, 0.15) is 0 Å². The van der Waals surface area contributed by atoms with Crippen LogP contribution < -0.4 is 5.73 Å². The van der Waals surface area contributed by atoms with Crippen LogP contribution in [0.15, 0.2) is 18.2 Å². The molecule has 0 spiro atoms. The number of hydrogen-bond acceptors (Lipinski definition) is 2. The Morgan fingerprint density at radius 1 is 1.46 bits per heavy atom. The third kappa shape index (κ3) is 1.16. The summed E-state index contributed by atoms with van der Waals surface area (Å²) in [7, 11) is 1.93. The Morgan fingerprint density at radius 2 is 2.23 bits per heavy atom. The van der Waals surface area contributed by atoms with Gasteiger partial charge in [-0.3, -0.25) is 0 Å². The molecule has 0 aliphatic rings. The quantitative estimate of drug-likeness (QED) is 0.717. The van der Waals surface area contributed by atoms with Crippen LogP contribution in [-0.2, 0) is 13.5 Å². The Hall–Kier alpha value is -1.51. The molecule has 0 fully saturated rings. The van der Waals surface area contributed by atoms with E-state index in [0.29, 0.717) is 5.95 Å². The van der Waals surface area contributed by atoms with Gasteiger partial charge in [-0.05, 0) is 24.1 Å². The van der Waals surface area contributed by atoms with Gasteiger partial charge in [-0.2, -0.15) is 0 Å². The molecule has 13 heavy (non-hydrogen) atoms. The summed E-state index contributed by atoms with van der Waals surface area (Å²) in [6.45, 7) is 2.13. The second kappa shape index (κ2) is 2.76. The minimum absolute atomic E-state index is 0.572. The maximum absolute atomic E-state index is 5.70. The molecule has 3 nitrogen and oxygen atoms in total. The van der Waals surface area contributed by atoms with Gasteiger partial charge in [0.25, 0.3) is 0 Å². The van der Waals surface area contributed by atoms with Gasteiger partial charge in [0.15, 0.2) is 0 Å². The third-order valence-corrected chi connectivity index (χ3v) is 2.39. The molecule has 2 aromatic rings. The van der Waals surface area contributed by atoms with Gasteiger partial charge in [0, 0.05) is 7.05 Å². The summed E-state index contributed by atoms with van der Waals surface area (Å²) < 4.78 is 1.90. The fourth-order valence-corrected chi connectivity index (χ4v) is 1.48. The number of nitrogens with two attached hydrogens (primary N) is 1. The van der Waals surface area contributed by atoms with Crippen molar-refractivity contribution in [2.45, 2.75) is 13.3 Å². The van der Waals surface area contributed by atoms with E-state index in [0.717, 1.165) is 17.5 Å². The lowest BCUT2D eigenvalue weighted by Gasteiger charge is -1.97. The largest absolute Gasteiger partial charge is 0.369 e. The number of nitrogens with zero attached hydrogens (tertiary/aromatic N) is 2. The number of anilines is 1. The highest BCUT2D eigenvalue weighted by atomic mass is 15.1. The van der Waals surface area contributed by atoms with E-state index >= 15 is 0 Å². The van der Waals surface area contributed by atoms with Crippen LogP contribution in [0.5, 0.6) is 0 Å². The zero-order valence-corrected chi connectivity index (χ0v) is 7.91. The molecule has 0 aliphatic heterocycles. The van der Waals surface area contributed by atoms with Crippen LogP contribution in [0.4, 0.5) is 5.95 Å². The van der Waals surface area contributed by atoms with Crippen LogP contribution in [0.2, 0.25) is 0 Å². The molecule has 0 amide bonds. The first-order valence-corrected chi connectivity index (χ1v) is 4.43. The molecular weight excluding hydrogens is 162 g/mol. The van der Waals surface area contributed by atoms with E-state index < -0.39 is 0 Å². The van der Waals surface area contributed by atoms with Crippen molar-refractivity contribution in [1.82, 2.24) is 9.55 Å². The zero-order valence-electron chi connectivity index (χ0n) is 7.91. The lowest BCUT2D eigenvalue weighted by Crippen LogP contribution is -1.95. The first-order valence-electron chi connectivity index (χ1n) is 4.43. The molecule has 0 radical (unpaired) electrons. The average molecular weight is 175 g/mol. The second-order valence-electron chi connectivity index (χ2n) is 3.21. The highest BCUT2D eigenvalue weighted by Gasteiger charge is 2.03. The molecular formula is C10H13N3. The Balaban J connectivity index is 2.73. The normalized spacial score (nSPS) is 10.9. The number of benzene rings is 1. The van der Waals surface area contributed by atoms with Crippen molar-refractivity contribution >= 4 is 17.0 Å². The van der Waals surface area contributed by atoms with Crippen LogP contribution in [-0.4, -0.2) is 9.55 Å². The molecule has 1 aromatic carbocycles. The topological polar surface area (TPSA) is 43.8 Å². The fourth-order valence-electron chi connectivity index (χ4n) is 1.48. The van der Waals surface area contributed by atoms with Gasteiger partial charge >= 0.3 is 0 Å². The van der Waals surface area contributed by atoms with Crippen molar-refractivity contribution in [3.63, 3.8) is 0 Å². The lowest BCUT2D eigenvalue weighted by molar-refractivity contribution is 0.965. The number of nitrogen functional groups attached to an aromatic ring is 1. The van der Waals surface area contributed by atoms with Crippen LogP contribution >= 0.6 is 0 Å². The van der Waals surface area contributed by atoms with Gasteiger partial charge < -0.3 is 10.3 Å². The van der Waals surface area contributed by atoms with E-state index in [-0.39, 0.29) is 0 Å². The van der Waals surface area contributed by atoms with E-state index in [4.69, 9.17) is 5.73 Å². The predicted molar refractivity (Wildman–Crippen MR) is 54.5 cm³/mol. The summed E-state index contributed by atoms with van der Waals surface area (Å²) in [5.41, 5.74) is 9.07. The Labute approximate surface area is 77.2 Å². The molecule has 0 saturated heterocycles. The molecule has 1 aromatic heterocycles. The summed E-state index contributed by atoms with van der Waals surface area (Å²) >= 11 is 0. The van der Waals surface area contributed by atoms with E-state index in [2.05, 4.69) is 30.1 Å². The molecule has 0 saturated carbocycles.